The van der Waals surface area contributed by atoms with Gasteiger partial charge in [0.2, 0.25) is 11.8 Å². The van der Waals surface area contributed by atoms with Crippen LogP contribution < -0.4 is 4.90 Å². The number of hydrogen-bond donors (Lipinski definition) is 1. The Balaban J connectivity index is 2.36. The lowest BCUT2D eigenvalue weighted by Crippen LogP contribution is -2.37. The Morgan fingerprint density at radius 2 is 2.05 bits per heavy atom. The van der Waals surface area contributed by atoms with Gasteiger partial charge in [-0.1, -0.05) is 13.8 Å². The zero-order valence-electron chi connectivity index (χ0n) is 11.6. The summed E-state index contributed by atoms with van der Waals surface area (Å²) in [5.74, 6) is -1.66. The molecule has 2 heterocycles. The molecule has 0 aromatic carbocycles. The van der Waals surface area contributed by atoms with E-state index in [1.165, 1.54) is 18.3 Å². The number of carbonyl (C=O) groups is 3. The van der Waals surface area contributed by atoms with Gasteiger partial charge in [-0.2, -0.15) is 0 Å². The van der Waals surface area contributed by atoms with Gasteiger partial charge in [0, 0.05) is 6.42 Å². The van der Waals surface area contributed by atoms with E-state index >= 15 is 0 Å². The van der Waals surface area contributed by atoms with Gasteiger partial charge in [-0.25, -0.2) is 14.7 Å². The van der Waals surface area contributed by atoms with Crippen LogP contribution in [-0.4, -0.2) is 27.9 Å². The molecule has 1 aromatic heterocycles. The lowest BCUT2D eigenvalue weighted by Gasteiger charge is -2.25. The Kier molecular flexibility index (Phi) is 3.33. The summed E-state index contributed by atoms with van der Waals surface area (Å²) in [6.07, 6.45) is 1.40. The monoisotopic (exact) mass is 276 g/mol. The SMILES string of the molecule is CC(C)C1(C)CC(=O)N(c2ccc(C(=O)O)nc2)C1=O. The van der Waals surface area contributed by atoms with Gasteiger partial charge < -0.3 is 5.11 Å². The molecule has 1 aromatic rings. The second-order valence-corrected chi connectivity index (χ2v) is 5.49. The first-order valence-corrected chi connectivity index (χ1v) is 6.34. The number of aromatic nitrogens is 1. The van der Waals surface area contributed by atoms with E-state index in [4.69, 9.17) is 5.11 Å². The molecule has 2 amide bonds. The van der Waals surface area contributed by atoms with Gasteiger partial charge >= 0.3 is 5.97 Å². The van der Waals surface area contributed by atoms with Crippen LogP contribution in [0, 0.1) is 11.3 Å². The van der Waals surface area contributed by atoms with E-state index in [0.29, 0.717) is 5.69 Å². The first-order valence-electron chi connectivity index (χ1n) is 6.34. The average Bonchev–Trinajstić information content (AvgIpc) is 2.61. The topological polar surface area (TPSA) is 87.6 Å². The first-order chi connectivity index (χ1) is 9.27. The fraction of sp³-hybridized carbons (Fsp3) is 0.429. The van der Waals surface area contributed by atoms with Crippen LogP contribution in [0.4, 0.5) is 5.69 Å². The molecule has 2 rings (SSSR count). The van der Waals surface area contributed by atoms with Crippen LogP contribution in [0.15, 0.2) is 18.3 Å². The number of amides is 2. The minimum Gasteiger partial charge on any atom is -0.477 e. The van der Waals surface area contributed by atoms with Gasteiger partial charge in [0.05, 0.1) is 17.3 Å². The first kappa shape index (κ1) is 14.2. The van der Waals surface area contributed by atoms with E-state index in [-0.39, 0.29) is 29.8 Å². The molecule has 0 bridgehead atoms. The molecule has 0 aliphatic carbocycles. The van der Waals surface area contributed by atoms with Crippen molar-refractivity contribution in [2.75, 3.05) is 4.90 Å². The molecular weight excluding hydrogens is 260 g/mol. The van der Waals surface area contributed by atoms with Crippen molar-refractivity contribution < 1.29 is 19.5 Å². The van der Waals surface area contributed by atoms with E-state index in [0.717, 1.165) is 4.90 Å². The minimum absolute atomic E-state index is 0.0372. The molecule has 1 saturated heterocycles. The predicted octanol–water partition coefficient (Wildman–Crippen LogP) is 1.71. The highest BCUT2D eigenvalue weighted by Gasteiger charge is 2.50. The summed E-state index contributed by atoms with van der Waals surface area (Å²) in [5.41, 5.74) is -0.531. The van der Waals surface area contributed by atoms with E-state index in [2.05, 4.69) is 4.98 Å². The number of hydrogen-bond acceptors (Lipinski definition) is 4. The summed E-state index contributed by atoms with van der Waals surface area (Å²) >= 11 is 0. The van der Waals surface area contributed by atoms with E-state index in [1.54, 1.807) is 6.92 Å². The molecule has 6 nitrogen and oxygen atoms in total. The van der Waals surface area contributed by atoms with Gasteiger partial charge in [-0.15, -0.1) is 0 Å². The summed E-state index contributed by atoms with van der Waals surface area (Å²) < 4.78 is 0. The number of carbonyl (C=O) groups excluding carboxylic acids is 2. The van der Waals surface area contributed by atoms with Gasteiger partial charge in [0.15, 0.2) is 0 Å². The predicted molar refractivity (Wildman–Crippen MR) is 71.3 cm³/mol. The van der Waals surface area contributed by atoms with Crippen molar-refractivity contribution in [1.29, 1.82) is 0 Å². The molecule has 1 unspecified atom stereocenters. The van der Waals surface area contributed by atoms with Crippen LogP contribution in [0.2, 0.25) is 0 Å². The lowest BCUT2D eigenvalue weighted by molar-refractivity contribution is -0.126. The fourth-order valence-electron chi connectivity index (χ4n) is 2.19. The molecule has 0 saturated carbocycles. The molecule has 1 atom stereocenters. The summed E-state index contributed by atoms with van der Waals surface area (Å²) in [4.78, 5) is 40.1. The van der Waals surface area contributed by atoms with Crippen LogP contribution in [0.25, 0.3) is 0 Å². The Labute approximate surface area is 116 Å². The summed E-state index contributed by atoms with van der Waals surface area (Å²) in [7, 11) is 0. The highest BCUT2D eigenvalue weighted by Crippen LogP contribution is 2.40. The quantitative estimate of drug-likeness (QED) is 0.849. The number of imide groups is 1. The normalized spacial score (nSPS) is 22.7. The fourth-order valence-corrected chi connectivity index (χ4v) is 2.19. The standard InChI is InChI=1S/C14H16N2O4/c1-8(2)14(3)6-11(17)16(13(14)20)9-4-5-10(12(18)19)15-7-9/h4-5,7-8H,6H2,1-3H3,(H,18,19). The number of carboxylic acid groups (broad SMARTS) is 1. The molecule has 20 heavy (non-hydrogen) atoms. The minimum atomic E-state index is -1.15. The molecule has 0 radical (unpaired) electrons. The Morgan fingerprint density at radius 3 is 2.45 bits per heavy atom. The van der Waals surface area contributed by atoms with Crippen molar-refractivity contribution in [2.24, 2.45) is 11.3 Å². The number of nitrogens with zero attached hydrogens (tertiary/aromatic N) is 2. The number of carboxylic acids is 1. The summed E-state index contributed by atoms with van der Waals surface area (Å²) in [6.45, 7) is 5.58. The van der Waals surface area contributed by atoms with Crippen LogP contribution in [0.3, 0.4) is 0 Å². The number of pyridine rings is 1. The van der Waals surface area contributed by atoms with Crippen molar-refractivity contribution in [3.05, 3.63) is 24.0 Å². The second-order valence-electron chi connectivity index (χ2n) is 5.49. The lowest BCUT2D eigenvalue weighted by atomic mass is 9.78. The smallest absolute Gasteiger partial charge is 0.354 e. The van der Waals surface area contributed by atoms with Gasteiger partial charge in [0.1, 0.15) is 5.69 Å². The van der Waals surface area contributed by atoms with Crippen LogP contribution in [0.1, 0.15) is 37.7 Å². The van der Waals surface area contributed by atoms with Crippen molar-refractivity contribution in [2.45, 2.75) is 27.2 Å². The molecule has 0 spiro atoms. The maximum absolute atomic E-state index is 12.5. The average molecular weight is 276 g/mol. The molecule has 1 N–H and O–H groups in total. The number of rotatable bonds is 3. The van der Waals surface area contributed by atoms with Gasteiger partial charge in [-0.3, -0.25) is 9.59 Å². The van der Waals surface area contributed by atoms with Crippen LogP contribution >= 0.6 is 0 Å². The third-order valence-electron chi connectivity index (χ3n) is 3.96. The van der Waals surface area contributed by atoms with Crippen molar-refractivity contribution >= 4 is 23.5 Å². The second kappa shape index (κ2) is 4.70. The zero-order valence-corrected chi connectivity index (χ0v) is 11.6. The van der Waals surface area contributed by atoms with E-state index in [9.17, 15) is 14.4 Å². The molecule has 1 fully saturated rings. The van der Waals surface area contributed by atoms with Crippen LogP contribution in [-0.2, 0) is 9.59 Å². The summed E-state index contributed by atoms with van der Waals surface area (Å²) in [5, 5.41) is 8.79. The zero-order chi connectivity index (χ0) is 15.1. The highest BCUT2D eigenvalue weighted by atomic mass is 16.4. The summed E-state index contributed by atoms with van der Waals surface area (Å²) in [6, 6.07) is 2.71. The van der Waals surface area contributed by atoms with Gasteiger partial charge in [-0.05, 0) is 25.0 Å². The Bertz CT molecular complexity index is 579. The third kappa shape index (κ3) is 2.07. The molecule has 106 valence electrons. The van der Waals surface area contributed by atoms with Crippen LogP contribution in [0.5, 0.6) is 0 Å². The molecule has 1 aliphatic rings. The van der Waals surface area contributed by atoms with Gasteiger partial charge in [0.25, 0.3) is 0 Å². The van der Waals surface area contributed by atoms with Crippen molar-refractivity contribution in [3.8, 4) is 0 Å². The number of anilines is 1. The maximum atomic E-state index is 12.5. The highest BCUT2D eigenvalue weighted by molar-refractivity contribution is 6.22. The largest absolute Gasteiger partial charge is 0.477 e. The van der Waals surface area contributed by atoms with Crippen molar-refractivity contribution in [3.63, 3.8) is 0 Å². The Morgan fingerprint density at radius 1 is 1.40 bits per heavy atom. The molecule has 6 heteroatoms. The molecule has 1 aliphatic heterocycles. The Hall–Kier alpha value is -2.24. The third-order valence-corrected chi connectivity index (χ3v) is 3.96. The van der Waals surface area contributed by atoms with Crippen molar-refractivity contribution in [1.82, 2.24) is 4.98 Å². The number of aromatic carboxylic acids is 1. The van der Waals surface area contributed by atoms with E-state index in [1.807, 2.05) is 13.8 Å². The molecular formula is C14H16N2O4. The van der Waals surface area contributed by atoms with E-state index < -0.39 is 11.4 Å². The maximum Gasteiger partial charge on any atom is 0.354 e.